The van der Waals surface area contributed by atoms with Gasteiger partial charge in [0.05, 0.1) is 0 Å². The summed E-state index contributed by atoms with van der Waals surface area (Å²) in [5.74, 6) is -2.45. The molecule has 0 spiro atoms. The van der Waals surface area contributed by atoms with Crippen molar-refractivity contribution in [2.75, 3.05) is 5.32 Å². The van der Waals surface area contributed by atoms with Crippen molar-refractivity contribution in [2.45, 2.75) is 18.6 Å². The molecule has 0 radical (unpaired) electrons. The van der Waals surface area contributed by atoms with Crippen LogP contribution in [0.15, 0.2) is 18.5 Å². The third-order valence-corrected chi connectivity index (χ3v) is 1.92. The van der Waals surface area contributed by atoms with Gasteiger partial charge in [-0.25, -0.2) is 14.8 Å². The molecule has 1 rings (SSSR count). The van der Waals surface area contributed by atoms with Crippen LogP contribution in [0.2, 0.25) is 0 Å². The van der Waals surface area contributed by atoms with Gasteiger partial charge >= 0.3 is 12.1 Å². The Bertz CT molecular complexity index is 382. The molecule has 0 aliphatic rings. The average molecular weight is 235 g/mol. The first-order valence-corrected chi connectivity index (χ1v) is 4.12. The minimum Gasteiger partial charge on any atom is -0.479 e. The number of hydrogen-bond donors (Lipinski definition) is 2. The van der Waals surface area contributed by atoms with E-state index in [1.54, 1.807) is 5.32 Å². The van der Waals surface area contributed by atoms with Crippen LogP contribution in [0.3, 0.4) is 0 Å². The van der Waals surface area contributed by atoms with Gasteiger partial charge in [-0.05, 0) is 13.0 Å². The van der Waals surface area contributed by atoms with E-state index in [-0.39, 0.29) is 0 Å². The maximum Gasteiger partial charge on any atom is 0.422 e. The van der Waals surface area contributed by atoms with E-state index in [1.807, 2.05) is 0 Å². The highest BCUT2D eigenvalue weighted by Crippen LogP contribution is 2.32. The van der Waals surface area contributed by atoms with Crippen molar-refractivity contribution in [3.8, 4) is 0 Å². The molecule has 1 aromatic rings. The Balaban J connectivity index is 3.03. The van der Waals surface area contributed by atoms with Crippen LogP contribution < -0.4 is 5.32 Å². The van der Waals surface area contributed by atoms with Crippen LogP contribution >= 0.6 is 0 Å². The lowest BCUT2D eigenvalue weighted by Crippen LogP contribution is -2.55. The number of rotatable bonds is 3. The number of hydrogen-bond acceptors (Lipinski definition) is 4. The van der Waals surface area contributed by atoms with Crippen LogP contribution in [0.1, 0.15) is 6.92 Å². The molecule has 0 fully saturated rings. The van der Waals surface area contributed by atoms with Crippen LogP contribution in [0.5, 0.6) is 0 Å². The fourth-order valence-corrected chi connectivity index (χ4v) is 0.833. The molecule has 1 unspecified atom stereocenters. The van der Waals surface area contributed by atoms with Gasteiger partial charge in [0.2, 0.25) is 11.5 Å². The highest BCUT2D eigenvalue weighted by molar-refractivity contribution is 5.82. The number of nitrogens with one attached hydrogen (secondary N) is 1. The van der Waals surface area contributed by atoms with E-state index in [4.69, 9.17) is 5.11 Å². The van der Waals surface area contributed by atoms with Gasteiger partial charge in [0, 0.05) is 12.4 Å². The predicted octanol–water partition coefficient (Wildman–Crippen LogP) is 1.29. The number of anilines is 1. The highest BCUT2D eigenvalue weighted by atomic mass is 19.4. The summed E-state index contributed by atoms with van der Waals surface area (Å²) in [5, 5.41) is 10.3. The Morgan fingerprint density at radius 2 is 1.88 bits per heavy atom. The molecule has 8 heteroatoms. The largest absolute Gasteiger partial charge is 0.479 e. The van der Waals surface area contributed by atoms with E-state index in [0.717, 1.165) is 0 Å². The number of carboxylic acids is 1. The molecule has 0 bridgehead atoms. The van der Waals surface area contributed by atoms with Gasteiger partial charge in [0.15, 0.2) is 0 Å². The number of aromatic nitrogens is 2. The average Bonchev–Trinajstić information content (AvgIpc) is 2.17. The SMILES string of the molecule is CC(Nc1ncccn1)(C(=O)O)C(F)(F)F. The molecule has 0 saturated carbocycles. The lowest BCUT2D eigenvalue weighted by molar-refractivity contribution is -0.193. The first-order valence-electron chi connectivity index (χ1n) is 4.12. The van der Waals surface area contributed by atoms with Crippen molar-refractivity contribution in [3.05, 3.63) is 18.5 Å². The zero-order valence-corrected chi connectivity index (χ0v) is 8.12. The lowest BCUT2D eigenvalue weighted by Gasteiger charge is -2.28. The minimum atomic E-state index is -4.96. The second kappa shape index (κ2) is 3.95. The highest BCUT2D eigenvalue weighted by Gasteiger charge is 2.58. The monoisotopic (exact) mass is 235 g/mol. The zero-order valence-electron chi connectivity index (χ0n) is 8.12. The first kappa shape index (κ1) is 12.2. The molecule has 0 aromatic carbocycles. The third-order valence-electron chi connectivity index (χ3n) is 1.92. The van der Waals surface area contributed by atoms with Crippen molar-refractivity contribution >= 4 is 11.9 Å². The Kier molecular flexibility index (Phi) is 3.02. The van der Waals surface area contributed by atoms with E-state index in [9.17, 15) is 18.0 Å². The molecule has 0 aliphatic carbocycles. The lowest BCUT2D eigenvalue weighted by atomic mass is 10.0. The fraction of sp³-hybridized carbons (Fsp3) is 0.375. The molecule has 2 N–H and O–H groups in total. The summed E-state index contributed by atoms with van der Waals surface area (Å²) in [6.07, 6.45) is -2.56. The fourth-order valence-electron chi connectivity index (χ4n) is 0.833. The summed E-state index contributed by atoms with van der Waals surface area (Å²) in [4.78, 5) is 17.6. The normalized spacial score (nSPS) is 15.2. The number of alkyl halides is 3. The maximum atomic E-state index is 12.5. The van der Waals surface area contributed by atoms with Crippen molar-refractivity contribution in [1.82, 2.24) is 9.97 Å². The van der Waals surface area contributed by atoms with Gasteiger partial charge in [-0.3, -0.25) is 0 Å². The number of carbonyl (C=O) groups is 1. The van der Waals surface area contributed by atoms with E-state index >= 15 is 0 Å². The molecule has 1 aromatic heterocycles. The molecule has 1 atom stereocenters. The Morgan fingerprint density at radius 1 is 1.38 bits per heavy atom. The standard InChI is InChI=1S/C8H8F3N3O2/c1-7(5(15)16,8(9,10)11)14-6-12-3-2-4-13-6/h2-4H,1H3,(H,15,16)(H,12,13,14). The molecule has 0 saturated heterocycles. The van der Waals surface area contributed by atoms with Gasteiger partial charge in [0.1, 0.15) is 0 Å². The summed E-state index contributed by atoms with van der Waals surface area (Å²) < 4.78 is 37.6. The Hall–Kier alpha value is -1.86. The molecule has 88 valence electrons. The summed E-state index contributed by atoms with van der Waals surface area (Å²) in [6, 6.07) is 1.40. The van der Waals surface area contributed by atoms with Crippen molar-refractivity contribution in [2.24, 2.45) is 0 Å². The maximum absolute atomic E-state index is 12.5. The Morgan fingerprint density at radius 3 is 2.25 bits per heavy atom. The van der Waals surface area contributed by atoms with Gasteiger partial charge in [-0.2, -0.15) is 13.2 Å². The minimum absolute atomic E-state index is 0.398. The van der Waals surface area contributed by atoms with Crippen LogP contribution in [0.25, 0.3) is 0 Å². The molecule has 16 heavy (non-hydrogen) atoms. The number of halogens is 3. The molecule has 0 amide bonds. The topological polar surface area (TPSA) is 75.1 Å². The van der Waals surface area contributed by atoms with Gasteiger partial charge in [-0.15, -0.1) is 0 Å². The van der Waals surface area contributed by atoms with Crippen LogP contribution in [0, 0.1) is 0 Å². The van der Waals surface area contributed by atoms with Gasteiger partial charge in [-0.1, -0.05) is 0 Å². The number of aliphatic carboxylic acids is 1. The van der Waals surface area contributed by atoms with E-state index in [0.29, 0.717) is 6.92 Å². The summed E-state index contributed by atoms with van der Waals surface area (Å²) in [6.45, 7) is 0.506. The molecular weight excluding hydrogens is 227 g/mol. The van der Waals surface area contributed by atoms with Gasteiger partial charge < -0.3 is 10.4 Å². The van der Waals surface area contributed by atoms with E-state index < -0.39 is 23.6 Å². The third kappa shape index (κ3) is 2.20. The zero-order chi connectivity index (χ0) is 12.4. The van der Waals surface area contributed by atoms with Crippen molar-refractivity contribution in [3.63, 3.8) is 0 Å². The van der Waals surface area contributed by atoms with Crippen LogP contribution in [-0.2, 0) is 4.79 Å². The summed E-state index contributed by atoms with van der Waals surface area (Å²) in [7, 11) is 0. The molecule has 5 nitrogen and oxygen atoms in total. The number of nitrogens with zero attached hydrogens (tertiary/aromatic N) is 2. The van der Waals surface area contributed by atoms with E-state index in [2.05, 4.69) is 9.97 Å². The summed E-state index contributed by atoms with van der Waals surface area (Å²) >= 11 is 0. The molecule has 0 aliphatic heterocycles. The van der Waals surface area contributed by atoms with Crippen molar-refractivity contribution in [1.29, 1.82) is 0 Å². The smallest absolute Gasteiger partial charge is 0.422 e. The van der Waals surface area contributed by atoms with E-state index in [1.165, 1.54) is 18.5 Å². The molecule has 1 heterocycles. The number of carboxylic acid groups (broad SMARTS) is 1. The quantitative estimate of drug-likeness (QED) is 0.825. The molecular formula is C8H8F3N3O2. The summed E-state index contributed by atoms with van der Waals surface area (Å²) in [5.41, 5.74) is -3.12. The second-order valence-electron chi connectivity index (χ2n) is 3.13. The van der Waals surface area contributed by atoms with Crippen LogP contribution in [-0.4, -0.2) is 32.8 Å². The Labute approximate surface area is 88.3 Å². The predicted molar refractivity (Wildman–Crippen MR) is 47.8 cm³/mol. The van der Waals surface area contributed by atoms with Gasteiger partial charge in [0.25, 0.3) is 0 Å². The van der Waals surface area contributed by atoms with Crippen molar-refractivity contribution < 1.29 is 23.1 Å². The first-order chi connectivity index (χ1) is 7.27. The van der Waals surface area contributed by atoms with Crippen LogP contribution in [0.4, 0.5) is 19.1 Å². The second-order valence-corrected chi connectivity index (χ2v) is 3.13.